The zero-order valence-electron chi connectivity index (χ0n) is 46.0. The molecule has 0 aromatic heterocycles. The maximum Gasteiger partial charge on any atom is 0.306 e. The number of aliphatic hydroxyl groups is 1. The van der Waals surface area contributed by atoms with Gasteiger partial charge in [0.1, 0.15) is 6.61 Å². The van der Waals surface area contributed by atoms with Crippen molar-refractivity contribution in [2.45, 2.75) is 290 Å². The van der Waals surface area contributed by atoms with Gasteiger partial charge in [-0.3, -0.25) is 9.59 Å². The van der Waals surface area contributed by atoms with Crippen LogP contribution in [0.2, 0.25) is 0 Å². The molecule has 0 heterocycles. The highest BCUT2D eigenvalue weighted by atomic mass is 16.6. The van der Waals surface area contributed by atoms with E-state index in [2.05, 4.69) is 111 Å². The Balaban J connectivity index is 3.48. The van der Waals surface area contributed by atoms with Crippen LogP contribution in [0.15, 0.2) is 97.2 Å². The summed E-state index contributed by atoms with van der Waals surface area (Å²) in [7, 11) is 0. The molecule has 1 unspecified atom stereocenters. The van der Waals surface area contributed by atoms with Gasteiger partial charge < -0.3 is 14.6 Å². The highest BCUT2D eigenvalue weighted by Crippen LogP contribution is 2.17. The predicted molar refractivity (Wildman–Crippen MR) is 306 cm³/mol. The minimum absolute atomic E-state index is 0.0639. The van der Waals surface area contributed by atoms with Crippen molar-refractivity contribution >= 4 is 11.9 Å². The fourth-order valence-electron chi connectivity index (χ4n) is 8.46. The number of ether oxygens (including phenoxy) is 2. The van der Waals surface area contributed by atoms with E-state index in [1.54, 1.807) is 0 Å². The van der Waals surface area contributed by atoms with Gasteiger partial charge in [0.25, 0.3) is 0 Å². The molecule has 70 heavy (non-hydrogen) atoms. The van der Waals surface area contributed by atoms with Crippen LogP contribution in [-0.4, -0.2) is 36.4 Å². The summed E-state index contributed by atoms with van der Waals surface area (Å²) in [5.74, 6) is -0.581. The number of rotatable bonds is 54. The van der Waals surface area contributed by atoms with Crippen molar-refractivity contribution in [1.29, 1.82) is 0 Å². The van der Waals surface area contributed by atoms with Crippen LogP contribution in [0.1, 0.15) is 284 Å². The van der Waals surface area contributed by atoms with Gasteiger partial charge >= 0.3 is 11.9 Å². The lowest BCUT2D eigenvalue weighted by Crippen LogP contribution is -2.28. The van der Waals surface area contributed by atoms with E-state index < -0.39 is 6.10 Å². The first-order valence-corrected chi connectivity index (χ1v) is 29.8. The van der Waals surface area contributed by atoms with Crippen molar-refractivity contribution < 1.29 is 24.2 Å². The molecule has 0 amide bonds. The number of carbonyl (C=O) groups is 2. The molecule has 402 valence electrons. The maximum absolute atomic E-state index is 12.3. The lowest BCUT2D eigenvalue weighted by Gasteiger charge is -2.15. The molecule has 0 aromatic rings. The number of allylic oxidation sites excluding steroid dienone is 16. The lowest BCUT2D eigenvalue weighted by molar-refractivity contribution is -0.161. The van der Waals surface area contributed by atoms with Crippen molar-refractivity contribution in [3.05, 3.63) is 97.2 Å². The van der Waals surface area contributed by atoms with Gasteiger partial charge in [-0.1, -0.05) is 291 Å². The number of hydrogen-bond donors (Lipinski definition) is 1. The average Bonchev–Trinajstić information content (AvgIpc) is 3.36. The van der Waals surface area contributed by atoms with E-state index in [0.717, 1.165) is 89.9 Å². The minimum Gasteiger partial charge on any atom is -0.462 e. The van der Waals surface area contributed by atoms with Gasteiger partial charge in [0.15, 0.2) is 6.10 Å². The molecule has 0 saturated heterocycles. The van der Waals surface area contributed by atoms with Gasteiger partial charge in [-0.25, -0.2) is 0 Å². The van der Waals surface area contributed by atoms with E-state index in [9.17, 15) is 14.7 Å². The normalized spacial score (nSPS) is 12.9. The van der Waals surface area contributed by atoms with E-state index in [-0.39, 0.29) is 25.2 Å². The molecule has 1 N–H and O–H groups in total. The summed E-state index contributed by atoms with van der Waals surface area (Å²) in [6, 6.07) is 0. The number of esters is 2. The Morgan fingerprint density at radius 2 is 0.614 bits per heavy atom. The maximum atomic E-state index is 12.3. The molecule has 0 radical (unpaired) electrons. The van der Waals surface area contributed by atoms with Crippen LogP contribution in [0.5, 0.6) is 0 Å². The first kappa shape index (κ1) is 66.8. The van der Waals surface area contributed by atoms with E-state index >= 15 is 0 Å². The Morgan fingerprint density at radius 1 is 0.343 bits per heavy atom. The van der Waals surface area contributed by atoms with E-state index in [1.807, 2.05) is 0 Å². The number of unbranched alkanes of at least 4 members (excludes halogenated alkanes) is 30. The third-order valence-corrected chi connectivity index (χ3v) is 12.9. The highest BCUT2D eigenvalue weighted by Gasteiger charge is 2.16. The Bertz CT molecular complexity index is 1330. The summed E-state index contributed by atoms with van der Waals surface area (Å²) >= 11 is 0. The molecule has 0 fully saturated rings. The van der Waals surface area contributed by atoms with Gasteiger partial charge in [0.05, 0.1) is 6.61 Å². The van der Waals surface area contributed by atoms with E-state index in [4.69, 9.17) is 9.47 Å². The van der Waals surface area contributed by atoms with E-state index in [0.29, 0.717) is 12.8 Å². The van der Waals surface area contributed by atoms with Crippen LogP contribution in [0.3, 0.4) is 0 Å². The smallest absolute Gasteiger partial charge is 0.306 e. The first-order valence-electron chi connectivity index (χ1n) is 29.8. The summed E-state index contributed by atoms with van der Waals surface area (Å²) in [6.45, 7) is 4.05. The number of carbonyl (C=O) groups excluding carboxylic acids is 2. The fraction of sp³-hybridized carbons (Fsp3) is 0.723. The van der Waals surface area contributed by atoms with Crippen molar-refractivity contribution in [3.63, 3.8) is 0 Å². The summed E-state index contributed by atoms with van der Waals surface area (Å²) < 4.78 is 10.7. The zero-order valence-corrected chi connectivity index (χ0v) is 46.0. The van der Waals surface area contributed by atoms with Crippen LogP contribution in [-0.2, 0) is 19.1 Å². The first-order chi connectivity index (χ1) is 34.6. The zero-order chi connectivity index (χ0) is 50.6. The summed E-state index contributed by atoms with van der Waals surface area (Å²) in [5, 5.41) is 9.64. The predicted octanol–water partition coefficient (Wildman–Crippen LogP) is 20.3. The second-order valence-corrected chi connectivity index (χ2v) is 19.7. The molecule has 0 aliphatic rings. The molecule has 0 aliphatic carbocycles. The van der Waals surface area contributed by atoms with Crippen molar-refractivity contribution in [2.24, 2.45) is 0 Å². The molecule has 0 rings (SSSR count). The molecular weight excluding hydrogens is 861 g/mol. The highest BCUT2D eigenvalue weighted by molar-refractivity contribution is 5.70. The Labute approximate surface area is 434 Å². The van der Waals surface area contributed by atoms with Crippen LogP contribution in [0.25, 0.3) is 0 Å². The molecule has 0 aromatic carbocycles. The fourth-order valence-corrected chi connectivity index (χ4v) is 8.46. The lowest BCUT2D eigenvalue weighted by atomic mass is 10.0. The number of aliphatic hydroxyl groups excluding tert-OH is 1. The Kier molecular flexibility index (Phi) is 57.4. The van der Waals surface area contributed by atoms with E-state index in [1.165, 1.54) is 167 Å². The topological polar surface area (TPSA) is 72.8 Å². The average molecular weight is 974 g/mol. The monoisotopic (exact) mass is 973 g/mol. The third-order valence-electron chi connectivity index (χ3n) is 12.9. The SMILES string of the molecule is CC/C=C\C/C=C\C/C=C\C/C=C\C/C=C\C/C=C\C/C=C\C/C=C\CCCCCCCCCCCCCCCCCCC(=O)OC(CO)COC(=O)CCCCCCCCCCCCCCCCC. The number of hydrogen-bond acceptors (Lipinski definition) is 5. The minimum atomic E-state index is -0.772. The van der Waals surface area contributed by atoms with Gasteiger partial charge in [0.2, 0.25) is 0 Å². The third kappa shape index (κ3) is 57.4. The van der Waals surface area contributed by atoms with Crippen LogP contribution >= 0.6 is 0 Å². The van der Waals surface area contributed by atoms with Crippen LogP contribution in [0, 0.1) is 0 Å². The summed E-state index contributed by atoms with van der Waals surface area (Å²) in [6.07, 6.45) is 85.4. The second-order valence-electron chi connectivity index (χ2n) is 19.7. The quantitative estimate of drug-likeness (QED) is 0.0373. The standard InChI is InChI=1S/C65H112O5/c1-3-5-7-9-11-13-15-17-19-20-21-22-23-24-25-26-27-28-29-30-31-32-33-34-35-36-37-38-39-40-41-42-43-44-46-48-50-52-54-56-58-60-65(68)70-63(61-66)62-69-64(67)59-57-55-53-51-49-47-45-18-16-14-12-10-8-6-4-2/h5,7,11,13,17,19,21-22,24-25,27-28,30-31,33-34,63,66H,3-4,6,8-10,12,14-16,18,20,23,26,29,32,35-62H2,1-2H3/b7-5-,13-11-,19-17-,22-21-,25-24-,28-27-,31-30-,34-33-. The molecule has 0 saturated carbocycles. The molecule has 1 atom stereocenters. The summed E-state index contributed by atoms with van der Waals surface area (Å²) in [4.78, 5) is 24.5. The summed E-state index contributed by atoms with van der Waals surface area (Å²) in [5.41, 5.74) is 0. The molecule has 0 spiro atoms. The Hall–Kier alpha value is -3.18. The van der Waals surface area contributed by atoms with Gasteiger partial charge in [-0.2, -0.15) is 0 Å². The van der Waals surface area contributed by atoms with Gasteiger partial charge in [0, 0.05) is 12.8 Å². The largest absolute Gasteiger partial charge is 0.462 e. The van der Waals surface area contributed by atoms with Crippen molar-refractivity contribution in [3.8, 4) is 0 Å². The van der Waals surface area contributed by atoms with Crippen molar-refractivity contribution in [2.75, 3.05) is 13.2 Å². The second kappa shape index (κ2) is 60.1. The molecule has 0 bridgehead atoms. The molecule has 5 nitrogen and oxygen atoms in total. The van der Waals surface area contributed by atoms with Gasteiger partial charge in [-0.05, 0) is 77.0 Å². The van der Waals surface area contributed by atoms with Crippen LogP contribution in [0.4, 0.5) is 0 Å². The van der Waals surface area contributed by atoms with Gasteiger partial charge in [-0.15, -0.1) is 0 Å². The Morgan fingerprint density at radius 3 is 0.929 bits per heavy atom. The van der Waals surface area contributed by atoms with Crippen LogP contribution < -0.4 is 0 Å². The molecular formula is C65H112O5. The van der Waals surface area contributed by atoms with Crippen molar-refractivity contribution in [1.82, 2.24) is 0 Å². The molecule has 5 heteroatoms. The molecule has 0 aliphatic heterocycles.